The Morgan fingerprint density at radius 3 is 2.95 bits per heavy atom. The first-order valence-electron chi connectivity index (χ1n) is 7.00. The molecule has 20 heavy (non-hydrogen) atoms. The molecule has 6 heteroatoms. The van der Waals surface area contributed by atoms with E-state index in [1.165, 1.54) is 5.69 Å². The average molecular weight is 296 g/mol. The van der Waals surface area contributed by atoms with Crippen LogP contribution in [0.2, 0.25) is 0 Å². The molecule has 0 amide bonds. The fourth-order valence-corrected chi connectivity index (χ4v) is 2.98. The molecular formula is C14H24N4OS. The summed E-state index contributed by atoms with van der Waals surface area (Å²) in [5.41, 5.74) is 7.34. The molecule has 0 radical (unpaired) electrons. The SMILES string of the molecule is CCC(N)Cc1c(N(C)C(C)COC)nc2sccn12. The van der Waals surface area contributed by atoms with Gasteiger partial charge in [-0.25, -0.2) is 4.98 Å². The average Bonchev–Trinajstić information content (AvgIpc) is 3.00. The predicted molar refractivity (Wildman–Crippen MR) is 84.8 cm³/mol. The number of methoxy groups -OCH3 is 1. The highest BCUT2D eigenvalue weighted by molar-refractivity contribution is 7.15. The van der Waals surface area contributed by atoms with Crippen molar-refractivity contribution in [2.75, 3.05) is 25.7 Å². The van der Waals surface area contributed by atoms with Crippen molar-refractivity contribution in [3.8, 4) is 0 Å². The molecule has 2 N–H and O–H groups in total. The van der Waals surface area contributed by atoms with Crippen molar-refractivity contribution in [2.45, 2.75) is 38.8 Å². The van der Waals surface area contributed by atoms with E-state index in [4.69, 9.17) is 15.5 Å². The molecule has 5 nitrogen and oxygen atoms in total. The standard InChI is InChI=1S/C14H24N4OS/c1-5-11(15)8-12-13(17(3)10(2)9-19-4)16-14-18(12)6-7-20-14/h6-7,10-11H,5,8-9,15H2,1-4H3. The van der Waals surface area contributed by atoms with Gasteiger partial charge in [0.05, 0.1) is 18.3 Å². The van der Waals surface area contributed by atoms with Gasteiger partial charge in [0, 0.05) is 38.2 Å². The van der Waals surface area contributed by atoms with E-state index in [0.717, 1.165) is 23.6 Å². The van der Waals surface area contributed by atoms with Gasteiger partial charge in [-0.05, 0) is 13.3 Å². The zero-order valence-corrected chi connectivity index (χ0v) is 13.5. The van der Waals surface area contributed by atoms with Crippen LogP contribution in [0.25, 0.3) is 4.96 Å². The Labute approximate surface area is 124 Å². The molecule has 2 aromatic rings. The smallest absolute Gasteiger partial charge is 0.195 e. The van der Waals surface area contributed by atoms with Crippen LogP contribution in [-0.4, -0.2) is 42.2 Å². The maximum Gasteiger partial charge on any atom is 0.195 e. The molecule has 2 aromatic heterocycles. The molecule has 0 aliphatic rings. The van der Waals surface area contributed by atoms with Gasteiger partial charge in [-0.2, -0.15) is 0 Å². The van der Waals surface area contributed by atoms with Gasteiger partial charge in [-0.1, -0.05) is 6.92 Å². The Bertz CT molecular complexity index is 550. The molecule has 2 unspecified atom stereocenters. The predicted octanol–water partition coefficient (Wildman–Crippen LogP) is 2.15. The highest BCUT2D eigenvalue weighted by Gasteiger charge is 2.21. The van der Waals surface area contributed by atoms with Crippen molar-refractivity contribution >= 4 is 22.1 Å². The fraction of sp³-hybridized carbons (Fsp3) is 0.643. The van der Waals surface area contributed by atoms with Crippen LogP contribution in [-0.2, 0) is 11.2 Å². The van der Waals surface area contributed by atoms with E-state index >= 15 is 0 Å². The second kappa shape index (κ2) is 6.56. The Balaban J connectivity index is 2.35. The van der Waals surface area contributed by atoms with Crippen molar-refractivity contribution in [1.82, 2.24) is 9.38 Å². The van der Waals surface area contributed by atoms with E-state index < -0.39 is 0 Å². The largest absolute Gasteiger partial charge is 0.383 e. The quantitative estimate of drug-likeness (QED) is 0.850. The number of nitrogens with zero attached hydrogens (tertiary/aromatic N) is 3. The third-order valence-corrected chi connectivity index (χ3v) is 4.48. The Kier molecular flexibility index (Phi) is 5.01. The molecule has 0 bridgehead atoms. The molecule has 0 aliphatic carbocycles. The minimum absolute atomic E-state index is 0.166. The first-order valence-corrected chi connectivity index (χ1v) is 7.88. The number of aromatic nitrogens is 2. The third-order valence-electron chi connectivity index (χ3n) is 3.72. The van der Waals surface area contributed by atoms with E-state index in [2.05, 4.69) is 41.8 Å². The minimum atomic E-state index is 0.166. The Morgan fingerprint density at radius 1 is 1.55 bits per heavy atom. The lowest BCUT2D eigenvalue weighted by atomic mass is 10.1. The molecule has 0 saturated carbocycles. The number of imidazole rings is 1. The Morgan fingerprint density at radius 2 is 2.30 bits per heavy atom. The minimum Gasteiger partial charge on any atom is -0.383 e. The zero-order chi connectivity index (χ0) is 14.7. The van der Waals surface area contributed by atoms with Gasteiger partial charge in [0.15, 0.2) is 10.8 Å². The van der Waals surface area contributed by atoms with Gasteiger partial charge in [0.1, 0.15) is 0 Å². The molecule has 0 fully saturated rings. The summed E-state index contributed by atoms with van der Waals surface area (Å²) in [4.78, 5) is 7.96. The molecule has 2 rings (SSSR count). The van der Waals surface area contributed by atoms with E-state index in [1.54, 1.807) is 18.4 Å². The van der Waals surface area contributed by atoms with Crippen LogP contribution in [0.1, 0.15) is 26.0 Å². The van der Waals surface area contributed by atoms with Crippen molar-refractivity contribution < 1.29 is 4.74 Å². The number of likely N-dealkylation sites (N-methyl/N-ethyl adjacent to an activating group) is 1. The molecule has 2 atom stereocenters. The van der Waals surface area contributed by atoms with Crippen molar-refractivity contribution in [3.63, 3.8) is 0 Å². The normalized spacial score (nSPS) is 14.7. The highest BCUT2D eigenvalue weighted by Crippen LogP contribution is 2.26. The second-order valence-corrected chi connectivity index (χ2v) is 6.10. The van der Waals surface area contributed by atoms with Crippen molar-refractivity contribution in [2.24, 2.45) is 5.73 Å². The lowest BCUT2D eigenvalue weighted by Gasteiger charge is -2.25. The van der Waals surface area contributed by atoms with E-state index in [0.29, 0.717) is 6.61 Å². The maximum absolute atomic E-state index is 6.15. The molecule has 0 saturated heterocycles. The summed E-state index contributed by atoms with van der Waals surface area (Å²) in [7, 11) is 3.79. The van der Waals surface area contributed by atoms with Crippen LogP contribution in [0.5, 0.6) is 0 Å². The van der Waals surface area contributed by atoms with Gasteiger partial charge < -0.3 is 15.4 Å². The molecule has 2 heterocycles. The summed E-state index contributed by atoms with van der Waals surface area (Å²) >= 11 is 1.65. The molecule has 0 spiro atoms. The van der Waals surface area contributed by atoms with Crippen molar-refractivity contribution in [1.29, 1.82) is 0 Å². The number of rotatable bonds is 7. The zero-order valence-electron chi connectivity index (χ0n) is 12.7. The third kappa shape index (κ3) is 2.97. The van der Waals surface area contributed by atoms with Crippen LogP contribution in [0.4, 0.5) is 5.82 Å². The van der Waals surface area contributed by atoms with Crippen LogP contribution >= 0.6 is 11.3 Å². The second-order valence-electron chi connectivity index (χ2n) is 5.23. The van der Waals surface area contributed by atoms with Crippen LogP contribution in [0, 0.1) is 0 Å². The summed E-state index contributed by atoms with van der Waals surface area (Å²) in [6.45, 7) is 4.94. The molecule has 112 valence electrons. The lowest BCUT2D eigenvalue weighted by molar-refractivity contribution is 0.183. The van der Waals surface area contributed by atoms with E-state index in [1.807, 2.05) is 0 Å². The summed E-state index contributed by atoms with van der Waals surface area (Å²) in [6, 6.07) is 0.445. The fourth-order valence-electron chi connectivity index (χ4n) is 2.25. The molecular weight excluding hydrogens is 272 g/mol. The number of nitrogens with two attached hydrogens (primary N) is 1. The van der Waals surface area contributed by atoms with Gasteiger partial charge in [0.2, 0.25) is 0 Å². The number of ether oxygens (including phenoxy) is 1. The number of hydrogen-bond acceptors (Lipinski definition) is 5. The van der Waals surface area contributed by atoms with Crippen LogP contribution in [0.3, 0.4) is 0 Å². The summed E-state index contributed by atoms with van der Waals surface area (Å²) in [5.74, 6) is 1.02. The van der Waals surface area contributed by atoms with E-state index in [9.17, 15) is 0 Å². The summed E-state index contributed by atoms with van der Waals surface area (Å²) < 4.78 is 7.40. The van der Waals surface area contributed by atoms with E-state index in [-0.39, 0.29) is 12.1 Å². The van der Waals surface area contributed by atoms with Gasteiger partial charge in [-0.3, -0.25) is 4.40 Å². The number of anilines is 1. The maximum atomic E-state index is 6.15. The number of fused-ring (bicyclic) bond motifs is 1. The van der Waals surface area contributed by atoms with Gasteiger partial charge in [0.25, 0.3) is 0 Å². The van der Waals surface area contributed by atoms with Gasteiger partial charge in [-0.15, -0.1) is 11.3 Å². The summed E-state index contributed by atoms with van der Waals surface area (Å²) in [5, 5.41) is 2.06. The lowest BCUT2D eigenvalue weighted by Crippen LogP contribution is -2.34. The highest BCUT2D eigenvalue weighted by atomic mass is 32.1. The first-order chi connectivity index (χ1) is 9.58. The first kappa shape index (κ1) is 15.3. The number of thiazole rings is 1. The van der Waals surface area contributed by atoms with Crippen LogP contribution in [0.15, 0.2) is 11.6 Å². The Hall–Kier alpha value is -1.11. The molecule has 0 aliphatic heterocycles. The summed E-state index contributed by atoms with van der Waals surface area (Å²) in [6.07, 6.45) is 3.88. The topological polar surface area (TPSA) is 55.8 Å². The monoisotopic (exact) mass is 296 g/mol. The van der Waals surface area contributed by atoms with Crippen LogP contribution < -0.4 is 10.6 Å². The van der Waals surface area contributed by atoms with Gasteiger partial charge >= 0.3 is 0 Å². The van der Waals surface area contributed by atoms with Crippen molar-refractivity contribution in [3.05, 3.63) is 17.3 Å². The molecule has 0 aromatic carbocycles. The number of hydrogen-bond donors (Lipinski definition) is 1.